The zero-order valence-electron chi connectivity index (χ0n) is 43.1. The summed E-state index contributed by atoms with van der Waals surface area (Å²) < 4.78 is 23.9. The fourth-order valence-electron chi connectivity index (χ4n) is 12.2. The van der Waals surface area contributed by atoms with Gasteiger partial charge in [0.15, 0.2) is 7.14 Å². The molecule has 5 heteroatoms. The first-order valence-electron chi connectivity index (χ1n) is 26.9. The van der Waals surface area contributed by atoms with Crippen LogP contribution in [0.1, 0.15) is 0 Å². The lowest BCUT2D eigenvalue weighted by molar-refractivity contribution is 0.592. The molecule has 79 heavy (non-hydrogen) atoms. The van der Waals surface area contributed by atoms with Crippen molar-refractivity contribution >= 4 is 77.7 Å². The molecule has 3 aromatic heterocycles. The summed E-state index contributed by atoms with van der Waals surface area (Å²) in [6.07, 6.45) is 0. The van der Waals surface area contributed by atoms with Gasteiger partial charge in [-0.15, -0.1) is 0 Å². The molecule has 15 rings (SSSR count). The van der Waals surface area contributed by atoms with E-state index in [0.717, 1.165) is 121 Å². The maximum atomic E-state index is 16.5. The van der Waals surface area contributed by atoms with Gasteiger partial charge in [-0.2, -0.15) is 0 Å². The summed E-state index contributed by atoms with van der Waals surface area (Å²) in [4.78, 5) is 0. The van der Waals surface area contributed by atoms with Gasteiger partial charge in [-0.25, -0.2) is 0 Å². The van der Waals surface area contributed by atoms with Crippen LogP contribution >= 0.6 is 7.14 Å². The highest BCUT2D eigenvalue weighted by Crippen LogP contribution is 2.48. The lowest BCUT2D eigenvalue weighted by atomic mass is 9.98. The Hall–Kier alpha value is -9.99. The predicted molar refractivity (Wildman–Crippen MR) is 333 cm³/mol. The van der Waals surface area contributed by atoms with Crippen LogP contribution in [0.25, 0.3) is 116 Å². The normalized spacial score (nSPS) is 11.8. The van der Waals surface area contributed by atoms with Crippen molar-refractivity contribution in [3.8, 4) is 61.6 Å². The van der Waals surface area contributed by atoms with E-state index < -0.39 is 7.14 Å². The molecule has 0 aliphatic carbocycles. The zero-order chi connectivity index (χ0) is 52.4. The minimum atomic E-state index is -3.43. The molecule has 0 atom stereocenters. The third-order valence-corrected chi connectivity index (χ3v) is 18.9. The fourth-order valence-corrected chi connectivity index (χ4v) is 14.9. The van der Waals surface area contributed by atoms with Gasteiger partial charge in [-0.1, -0.05) is 224 Å². The lowest BCUT2D eigenvalue weighted by Crippen LogP contribution is -2.25. The van der Waals surface area contributed by atoms with Crippen LogP contribution in [0.15, 0.2) is 303 Å². The van der Waals surface area contributed by atoms with Crippen molar-refractivity contribution in [3.05, 3.63) is 303 Å². The van der Waals surface area contributed by atoms with E-state index >= 15 is 4.57 Å². The molecule has 0 saturated carbocycles. The highest BCUT2D eigenvalue weighted by atomic mass is 31.2. The molecule has 4 nitrogen and oxygen atoms in total. The van der Waals surface area contributed by atoms with Gasteiger partial charge in [-0.05, 0) is 123 Å². The van der Waals surface area contributed by atoms with Gasteiger partial charge >= 0.3 is 0 Å². The number of rotatable bonds is 10. The number of aromatic nitrogens is 3. The van der Waals surface area contributed by atoms with Crippen LogP contribution in [-0.4, -0.2) is 13.7 Å². The molecule has 0 radical (unpaired) electrons. The van der Waals surface area contributed by atoms with E-state index in [1.54, 1.807) is 0 Å². The van der Waals surface area contributed by atoms with Gasteiger partial charge in [0, 0.05) is 54.5 Å². The molecule has 0 fully saturated rings. The van der Waals surface area contributed by atoms with Gasteiger partial charge in [0.1, 0.15) is 0 Å². The van der Waals surface area contributed by atoms with Crippen molar-refractivity contribution in [2.75, 3.05) is 0 Å². The van der Waals surface area contributed by atoms with Crippen LogP contribution in [0.2, 0.25) is 0 Å². The highest BCUT2D eigenvalue weighted by molar-refractivity contribution is 7.85. The van der Waals surface area contributed by atoms with Crippen LogP contribution < -0.4 is 15.9 Å². The number of hydrogen-bond acceptors (Lipinski definition) is 1. The number of nitrogens with zero attached hydrogens (tertiary/aromatic N) is 3. The summed E-state index contributed by atoms with van der Waals surface area (Å²) in [5, 5.41) is 6.90. The minimum absolute atomic E-state index is 0.767. The summed E-state index contributed by atoms with van der Waals surface area (Å²) in [5.41, 5.74) is 18.5. The van der Waals surface area contributed by atoms with E-state index in [9.17, 15) is 0 Å². The van der Waals surface area contributed by atoms with E-state index in [1.165, 1.54) is 10.8 Å². The van der Waals surface area contributed by atoms with Crippen LogP contribution in [0.4, 0.5) is 0 Å². The molecule has 0 unspecified atom stereocenters. The van der Waals surface area contributed by atoms with Crippen molar-refractivity contribution in [2.24, 2.45) is 0 Å². The predicted octanol–water partition coefficient (Wildman–Crippen LogP) is 18.1. The van der Waals surface area contributed by atoms with Crippen LogP contribution in [-0.2, 0) is 4.57 Å². The molecule has 15 aromatic rings. The van der Waals surface area contributed by atoms with E-state index in [0.29, 0.717) is 0 Å². The second-order valence-corrected chi connectivity index (χ2v) is 23.2. The number of hydrogen-bond donors (Lipinski definition) is 0. The summed E-state index contributed by atoms with van der Waals surface area (Å²) in [6.45, 7) is 0. The first-order chi connectivity index (χ1) is 39.1. The molecular weight excluding hydrogens is 978 g/mol. The average molecular weight is 1030 g/mol. The molecular formula is C74H50N3OP. The first kappa shape index (κ1) is 46.3. The van der Waals surface area contributed by atoms with Gasteiger partial charge in [0.05, 0.1) is 33.1 Å². The van der Waals surface area contributed by atoms with Crippen LogP contribution in [0.3, 0.4) is 0 Å². The molecule has 0 aliphatic rings. The zero-order valence-corrected chi connectivity index (χ0v) is 44.0. The van der Waals surface area contributed by atoms with Crippen LogP contribution in [0, 0.1) is 0 Å². The van der Waals surface area contributed by atoms with Crippen molar-refractivity contribution in [3.63, 3.8) is 0 Å². The Morgan fingerprint density at radius 1 is 0.215 bits per heavy atom. The second kappa shape index (κ2) is 18.9. The Morgan fingerprint density at radius 3 is 0.962 bits per heavy atom. The molecule has 12 aromatic carbocycles. The second-order valence-electron chi connectivity index (χ2n) is 20.4. The Kier molecular flexibility index (Phi) is 11.1. The quantitative estimate of drug-likeness (QED) is 0.126. The average Bonchev–Trinajstić information content (AvgIpc) is 3.80. The summed E-state index contributed by atoms with van der Waals surface area (Å²) in [7, 11) is -3.43. The van der Waals surface area contributed by atoms with Crippen LogP contribution in [0.5, 0.6) is 0 Å². The Labute approximate surface area is 458 Å². The Bertz CT molecular complexity index is 4620. The molecule has 372 valence electrons. The maximum Gasteiger partial charge on any atom is 0.171 e. The fraction of sp³-hybridized carbons (Fsp3) is 0. The maximum absolute atomic E-state index is 16.5. The van der Waals surface area contributed by atoms with E-state index in [4.69, 9.17) is 0 Å². The molecule has 0 spiro atoms. The SMILES string of the molecule is O=P(c1ccccc1)(c1ccccc1)c1ccc2c(c1)n(-c1cc(-c3ccccc3)cc(-c3ccccc3)c1)c1c3ccc(-n4c5ccccc5c5ccccc54)cc3n(-c3cc(-c4ccccc4)cc(-c4ccccc4)c3)c21. The van der Waals surface area contributed by atoms with E-state index in [1.807, 2.05) is 60.7 Å². The molecule has 0 N–H and O–H groups in total. The third-order valence-electron chi connectivity index (χ3n) is 15.8. The van der Waals surface area contributed by atoms with Gasteiger partial charge in [-0.3, -0.25) is 0 Å². The van der Waals surface area contributed by atoms with Crippen molar-refractivity contribution in [1.29, 1.82) is 0 Å². The smallest absolute Gasteiger partial charge is 0.171 e. The molecule has 0 saturated heterocycles. The first-order valence-corrected chi connectivity index (χ1v) is 28.6. The Morgan fingerprint density at radius 2 is 0.557 bits per heavy atom. The van der Waals surface area contributed by atoms with Gasteiger partial charge in [0.2, 0.25) is 0 Å². The molecule has 3 heterocycles. The number of para-hydroxylation sites is 2. The summed E-state index contributed by atoms with van der Waals surface area (Å²) >= 11 is 0. The number of fused-ring (bicyclic) bond motifs is 8. The molecule has 0 aliphatic heterocycles. The highest BCUT2D eigenvalue weighted by Gasteiger charge is 2.32. The standard InChI is InChI=1S/C74H50N3OP/c78-79(62-31-15-5-16-32-62,63-33-17-6-18-34-63)64-40-42-68-72(50-64)77(61-47-57(53-27-11-3-12-28-53)44-58(48-61)54-29-13-4-14-30-54)73-67-41-39-59(75-69-37-21-19-35-65(69)66-36-20-22-38-70(66)75)49-71(67)76(74(68)73)60-45-55(51-23-7-1-8-24-51)43-56(46-60)52-25-9-2-10-26-52/h1-50H. The molecule has 0 amide bonds. The summed E-state index contributed by atoms with van der Waals surface area (Å²) in [6, 6.07) is 108. The summed E-state index contributed by atoms with van der Waals surface area (Å²) in [5.74, 6) is 0. The third kappa shape index (κ3) is 7.71. The van der Waals surface area contributed by atoms with Crippen molar-refractivity contribution in [1.82, 2.24) is 13.7 Å². The van der Waals surface area contributed by atoms with Gasteiger partial charge in [0.25, 0.3) is 0 Å². The Balaban J connectivity index is 1.12. The lowest BCUT2D eigenvalue weighted by Gasteiger charge is -2.21. The topological polar surface area (TPSA) is 31.9 Å². The van der Waals surface area contributed by atoms with Crippen molar-refractivity contribution < 1.29 is 4.57 Å². The number of benzene rings is 12. The van der Waals surface area contributed by atoms with E-state index in [-0.39, 0.29) is 0 Å². The monoisotopic (exact) mass is 1030 g/mol. The minimum Gasteiger partial charge on any atom is -0.309 e. The van der Waals surface area contributed by atoms with Crippen molar-refractivity contribution in [2.45, 2.75) is 0 Å². The van der Waals surface area contributed by atoms with Gasteiger partial charge < -0.3 is 18.3 Å². The molecule has 0 bridgehead atoms. The largest absolute Gasteiger partial charge is 0.309 e. The van der Waals surface area contributed by atoms with E-state index in [2.05, 4.69) is 256 Å².